The molecule has 2 rings (SSSR count). The van der Waals surface area contributed by atoms with Crippen LogP contribution in [0.1, 0.15) is 38.2 Å². The van der Waals surface area contributed by atoms with Crippen LogP contribution in [-0.4, -0.2) is 30.4 Å². The highest BCUT2D eigenvalue weighted by molar-refractivity contribution is 6.30. The van der Waals surface area contributed by atoms with Crippen LogP contribution in [0, 0.1) is 11.8 Å². The van der Waals surface area contributed by atoms with Crippen LogP contribution in [-0.2, 0) is 4.79 Å². The van der Waals surface area contributed by atoms with E-state index in [1.807, 2.05) is 30.1 Å². The highest BCUT2D eigenvalue weighted by atomic mass is 35.5. The predicted octanol–water partition coefficient (Wildman–Crippen LogP) is 3.28. The van der Waals surface area contributed by atoms with Crippen LogP contribution >= 0.6 is 11.6 Å². The summed E-state index contributed by atoms with van der Waals surface area (Å²) in [6.07, 6.45) is 1.79. The molecule has 0 spiro atoms. The third-order valence-corrected chi connectivity index (χ3v) is 4.65. The third kappa shape index (κ3) is 4.21. The van der Waals surface area contributed by atoms with Crippen LogP contribution in [0.5, 0.6) is 0 Å². The summed E-state index contributed by atoms with van der Waals surface area (Å²) in [5, 5.41) is 0.738. The summed E-state index contributed by atoms with van der Waals surface area (Å²) >= 11 is 6.01. The second-order valence-electron chi connectivity index (χ2n) is 6.46. The summed E-state index contributed by atoms with van der Waals surface area (Å²) in [6, 6.07) is 7.99. The SMILES string of the molecule is CC(C)C(N)CCN(C)C(=O)C1CC1c1cccc(Cl)c1. The first-order valence-corrected chi connectivity index (χ1v) is 8.04. The average Bonchev–Trinajstić information content (AvgIpc) is 3.23. The normalized spacial score (nSPS) is 22.2. The fourth-order valence-electron chi connectivity index (χ4n) is 2.64. The number of nitrogens with two attached hydrogens (primary N) is 1. The molecule has 1 aromatic carbocycles. The number of rotatable bonds is 6. The number of nitrogens with zero attached hydrogens (tertiary/aromatic N) is 1. The predicted molar refractivity (Wildman–Crippen MR) is 87.4 cm³/mol. The largest absolute Gasteiger partial charge is 0.345 e. The first-order chi connectivity index (χ1) is 9.90. The lowest BCUT2D eigenvalue weighted by molar-refractivity contribution is -0.131. The molecule has 4 heteroatoms. The molecule has 3 nitrogen and oxygen atoms in total. The van der Waals surface area contributed by atoms with Gasteiger partial charge in [-0.15, -0.1) is 0 Å². The second kappa shape index (κ2) is 6.80. The molecular formula is C17H25ClN2O. The second-order valence-corrected chi connectivity index (χ2v) is 6.90. The van der Waals surface area contributed by atoms with E-state index in [0.717, 1.165) is 24.4 Å². The van der Waals surface area contributed by atoms with Crippen LogP contribution in [0.25, 0.3) is 0 Å². The monoisotopic (exact) mass is 308 g/mol. The van der Waals surface area contributed by atoms with Gasteiger partial charge in [-0.25, -0.2) is 0 Å². The van der Waals surface area contributed by atoms with Crippen molar-refractivity contribution in [3.63, 3.8) is 0 Å². The van der Waals surface area contributed by atoms with Crippen molar-refractivity contribution in [3.05, 3.63) is 34.9 Å². The van der Waals surface area contributed by atoms with Gasteiger partial charge in [0.25, 0.3) is 0 Å². The van der Waals surface area contributed by atoms with Gasteiger partial charge in [-0.1, -0.05) is 37.6 Å². The standard InChI is InChI=1S/C17H25ClN2O/c1-11(2)16(19)7-8-20(3)17(21)15-10-14(15)12-5-4-6-13(18)9-12/h4-6,9,11,14-16H,7-8,10,19H2,1-3H3. The molecule has 2 N–H and O–H groups in total. The van der Waals surface area contributed by atoms with Gasteiger partial charge in [0.2, 0.25) is 5.91 Å². The summed E-state index contributed by atoms with van der Waals surface area (Å²) in [6.45, 7) is 4.96. The number of hydrogen-bond acceptors (Lipinski definition) is 2. The van der Waals surface area contributed by atoms with E-state index in [0.29, 0.717) is 11.8 Å². The summed E-state index contributed by atoms with van der Waals surface area (Å²) in [5.74, 6) is 1.13. The molecule has 3 atom stereocenters. The van der Waals surface area contributed by atoms with Gasteiger partial charge in [-0.2, -0.15) is 0 Å². The van der Waals surface area contributed by atoms with Crippen molar-refractivity contribution < 1.29 is 4.79 Å². The molecule has 0 radical (unpaired) electrons. The molecule has 1 aliphatic rings. The Morgan fingerprint density at radius 2 is 2.19 bits per heavy atom. The maximum absolute atomic E-state index is 12.4. The molecule has 3 unspecified atom stereocenters. The Labute approximate surface area is 132 Å². The van der Waals surface area contributed by atoms with E-state index in [9.17, 15) is 4.79 Å². The molecule has 1 saturated carbocycles. The van der Waals surface area contributed by atoms with Crippen LogP contribution in [0.3, 0.4) is 0 Å². The molecule has 1 aromatic rings. The van der Waals surface area contributed by atoms with E-state index in [1.165, 1.54) is 5.56 Å². The van der Waals surface area contributed by atoms with Gasteiger partial charge >= 0.3 is 0 Å². The minimum atomic E-state index is 0.115. The summed E-state index contributed by atoms with van der Waals surface area (Å²) in [7, 11) is 1.88. The van der Waals surface area contributed by atoms with E-state index in [-0.39, 0.29) is 17.9 Å². The van der Waals surface area contributed by atoms with Gasteiger partial charge in [0.15, 0.2) is 0 Å². The summed E-state index contributed by atoms with van der Waals surface area (Å²) in [5.41, 5.74) is 7.21. The van der Waals surface area contributed by atoms with Gasteiger partial charge in [0.1, 0.15) is 0 Å². The molecule has 0 aromatic heterocycles. The van der Waals surface area contributed by atoms with Gasteiger partial charge in [0.05, 0.1) is 0 Å². The summed E-state index contributed by atoms with van der Waals surface area (Å²) in [4.78, 5) is 14.2. The maximum atomic E-state index is 12.4. The highest BCUT2D eigenvalue weighted by Crippen LogP contribution is 2.48. The lowest BCUT2D eigenvalue weighted by Crippen LogP contribution is -2.35. The number of hydrogen-bond donors (Lipinski definition) is 1. The smallest absolute Gasteiger partial charge is 0.226 e. The van der Waals surface area contributed by atoms with E-state index in [2.05, 4.69) is 19.9 Å². The molecule has 0 heterocycles. The molecule has 1 amide bonds. The Kier molecular flexibility index (Phi) is 5.28. The first-order valence-electron chi connectivity index (χ1n) is 7.66. The Morgan fingerprint density at radius 1 is 1.48 bits per heavy atom. The van der Waals surface area contributed by atoms with E-state index < -0.39 is 0 Å². The molecule has 1 aliphatic carbocycles. The fourth-order valence-corrected chi connectivity index (χ4v) is 2.84. The quantitative estimate of drug-likeness (QED) is 0.876. The summed E-state index contributed by atoms with van der Waals surface area (Å²) < 4.78 is 0. The van der Waals surface area contributed by atoms with Crippen LogP contribution in [0.2, 0.25) is 5.02 Å². The van der Waals surface area contributed by atoms with Crippen molar-refractivity contribution in [2.75, 3.05) is 13.6 Å². The Hall–Kier alpha value is -1.06. The van der Waals surface area contributed by atoms with Crippen molar-refractivity contribution in [3.8, 4) is 0 Å². The number of amides is 1. The molecule has 0 saturated heterocycles. The van der Waals surface area contributed by atoms with Crippen LogP contribution in [0.15, 0.2) is 24.3 Å². The Bertz CT molecular complexity index is 503. The first kappa shape index (κ1) is 16.3. The zero-order valence-electron chi connectivity index (χ0n) is 13.1. The van der Waals surface area contributed by atoms with Gasteiger partial charge in [-0.3, -0.25) is 4.79 Å². The lowest BCUT2D eigenvalue weighted by atomic mass is 10.0. The number of halogens is 1. The van der Waals surface area contributed by atoms with Crippen molar-refractivity contribution in [1.29, 1.82) is 0 Å². The topological polar surface area (TPSA) is 46.3 Å². The maximum Gasteiger partial charge on any atom is 0.226 e. The van der Waals surface area contributed by atoms with Gasteiger partial charge in [0, 0.05) is 30.6 Å². The van der Waals surface area contributed by atoms with E-state index in [1.54, 1.807) is 0 Å². The van der Waals surface area contributed by atoms with Crippen molar-refractivity contribution >= 4 is 17.5 Å². The fraction of sp³-hybridized carbons (Fsp3) is 0.588. The van der Waals surface area contributed by atoms with Crippen molar-refractivity contribution in [2.45, 2.75) is 38.6 Å². The number of carbonyl (C=O) groups excluding carboxylic acids is 1. The van der Waals surface area contributed by atoms with E-state index >= 15 is 0 Å². The lowest BCUT2D eigenvalue weighted by Gasteiger charge is -2.21. The Morgan fingerprint density at radius 3 is 2.81 bits per heavy atom. The Balaban J connectivity index is 1.85. The van der Waals surface area contributed by atoms with Crippen LogP contribution < -0.4 is 5.73 Å². The van der Waals surface area contributed by atoms with Crippen molar-refractivity contribution in [2.24, 2.45) is 17.6 Å². The number of benzene rings is 1. The molecule has 0 aliphatic heterocycles. The van der Waals surface area contributed by atoms with Gasteiger partial charge < -0.3 is 10.6 Å². The minimum absolute atomic E-state index is 0.115. The van der Waals surface area contributed by atoms with E-state index in [4.69, 9.17) is 17.3 Å². The average molecular weight is 309 g/mol. The highest BCUT2D eigenvalue weighted by Gasteiger charge is 2.45. The zero-order chi connectivity index (χ0) is 15.6. The molecule has 116 valence electrons. The number of carbonyl (C=O) groups is 1. The zero-order valence-corrected chi connectivity index (χ0v) is 13.8. The third-order valence-electron chi connectivity index (χ3n) is 4.41. The molecule has 21 heavy (non-hydrogen) atoms. The minimum Gasteiger partial charge on any atom is -0.345 e. The van der Waals surface area contributed by atoms with Crippen molar-refractivity contribution in [1.82, 2.24) is 4.90 Å². The molecule has 0 bridgehead atoms. The molecular weight excluding hydrogens is 284 g/mol. The van der Waals surface area contributed by atoms with Crippen LogP contribution in [0.4, 0.5) is 0 Å². The molecule has 1 fully saturated rings. The van der Waals surface area contributed by atoms with Gasteiger partial charge in [-0.05, 0) is 42.4 Å².